The van der Waals surface area contributed by atoms with Gasteiger partial charge in [-0.3, -0.25) is 4.79 Å². The molecule has 74 valence electrons. The molecule has 0 aromatic heterocycles. The minimum atomic E-state index is -0.411. The molecule has 0 spiro atoms. The van der Waals surface area contributed by atoms with Gasteiger partial charge in [-0.05, 0) is 11.6 Å². The van der Waals surface area contributed by atoms with Gasteiger partial charge in [0.05, 0.1) is 0 Å². The molecule has 0 atom stereocenters. The number of hydrogen-bond acceptors (Lipinski definition) is 2. The summed E-state index contributed by atoms with van der Waals surface area (Å²) in [5.41, 5.74) is 6.15. The molecule has 0 fully saturated rings. The molecule has 1 aromatic carbocycles. The molecule has 3 nitrogen and oxygen atoms in total. The summed E-state index contributed by atoms with van der Waals surface area (Å²) < 4.78 is 0. The average Bonchev–Trinajstić information content (AvgIpc) is 2.18. The second-order valence-electron chi connectivity index (χ2n) is 2.92. The van der Waals surface area contributed by atoms with E-state index in [0.717, 1.165) is 6.54 Å². The largest absolute Gasteiger partial charge is 0.366 e. The molecule has 1 aromatic rings. The van der Waals surface area contributed by atoms with Gasteiger partial charge in [0.25, 0.3) is 0 Å². The quantitative estimate of drug-likeness (QED) is 0.533. The molecule has 0 saturated carbocycles. The molecular weight excluding hydrogens is 176 g/mol. The molecule has 0 radical (unpaired) electrons. The van der Waals surface area contributed by atoms with Gasteiger partial charge in [0.1, 0.15) is 0 Å². The lowest BCUT2D eigenvalue weighted by Gasteiger charge is -2.00. The molecule has 0 aliphatic carbocycles. The summed E-state index contributed by atoms with van der Waals surface area (Å²) in [6, 6.07) is 10.1. The van der Waals surface area contributed by atoms with Gasteiger partial charge in [-0.25, -0.2) is 0 Å². The van der Waals surface area contributed by atoms with Crippen LogP contribution in [0.4, 0.5) is 0 Å². The third kappa shape index (κ3) is 4.42. The Morgan fingerprint density at radius 2 is 2.07 bits per heavy atom. The summed E-state index contributed by atoms with van der Waals surface area (Å²) in [4.78, 5) is 10.3. The van der Waals surface area contributed by atoms with Crippen LogP contribution in [0.3, 0.4) is 0 Å². The Hall–Kier alpha value is -1.61. The summed E-state index contributed by atoms with van der Waals surface area (Å²) in [7, 11) is 0. The van der Waals surface area contributed by atoms with Gasteiger partial charge in [-0.2, -0.15) is 0 Å². The first-order valence-corrected chi connectivity index (χ1v) is 4.49. The number of rotatable bonds is 5. The Balaban J connectivity index is 2.19. The first-order chi connectivity index (χ1) is 6.79. The Kier molecular flexibility index (Phi) is 4.44. The maximum Gasteiger partial charge on any atom is 0.241 e. The molecule has 3 heteroatoms. The summed E-state index contributed by atoms with van der Waals surface area (Å²) in [5.74, 6) is -0.411. The number of amides is 1. The van der Waals surface area contributed by atoms with Crippen LogP contribution in [0.2, 0.25) is 0 Å². The molecule has 3 N–H and O–H groups in total. The second kappa shape index (κ2) is 5.94. The lowest BCUT2D eigenvalue weighted by molar-refractivity contribution is -0.113. The first kappa shape index (κ1) is 10.5. The summed E-state index contributed by atoms with van der Waals surface area (Å²) in [5, 5.41) is 3.16. The molecule has 0 saturated heterocycles. The molecule has 0 heterocycles. The van der Waals surface area contributed by atoms with Gasteiger partial charge >= 0.3 is 0 Å². The normalized spacial score (nSPS) is 10.6. The van der Waals surface area contributed by atoms with E-state index in [1.807, 2.05) is 30.3 Å². The van der Waals surface area contributed by atoms with Crippen LogP contribution in [-0.4, -0.2) is 12.5 Å². The summed E-state index contributed by atoms with van der Waals surface area (Å²) in [6.07, 6.45) is 3.07. The molecule has 0 aliphatic heterocycles. The Labute approximate surface area is 83.6 Å². The monoisotopic (exact) mass is 190 g/mol. The summed E-state index contributed by atoms with van der Waals surface area (Å²) >= 11 is 0. The van der Waals surface area contributed by atoms with E-state index in [1.54, 1.807) is 6.08 Å². The second-order valence-corrected chi connectivity index (χ2v) is 2.92. The van der Waals surface area contributed by atoms with Crippen molar-refractivity contribution in [1.29, 1.82) is 0 Å². The highest BCUT2D eigenvalue weighted by Gasteiger charge is 1.88. The van der Waals surface area contributed by atoms with Gasteiger partial charge in [-0.1, -0.05) is 36.4 Å². The van der Waals surface area contributed by atoms with Crippen molar-refractivity contribution in [3.63, 3.8) is 0 Å². The van der Waals surface area contributed by atoms with Crippen LogP contribution in [0, 0.1) is 0 Å². The van der Waals surface area contributed by atoms with E-state index in [4.69, 9.17) is 5.73 Å². The van der Waals surface area contributed by atoms with Crippen molar-refractivity contribution >= 4 is 5.91 Å². The predicted molar refractivity (Wildman–Crippen MR) is 56.5 cm³/mol. The number of carbonyl (C=O) groups excluding carboxylic acids is 1. The van der Waals surface area contributed by atoms with Crippen LogP contribution in [0.15, 0.2) is 42.5 Å². The Morgan fingerprint density at radius 3 is 2.71 bits per heavy atom. The zero-order valence-electron chi connectivity index (χ0n) is 7.94. The van der Waals surface area contributed by atoms with Crippen molar-refractivity contribution in [2.45, 2.75) is 6.54 Å². The zero-order chi connectivity index (χ0) is 10.2. The number of nitrogens with one attached hydrogen (secondary N) is 1. The topological polar surface area (TPSA) is 55.1 Å². The number of benzene rings is 1. The highest BCUT2D eigenvalue weighted by atomic mass is 16.1. The highest BCUT2D eigenvalue weighted by Crippen LogP contribution is 1.96. The molecule has 1 amide bonds. The molecule has 0 unspecified atom stereocenters. The van der Waals surface area contributed by atoms with E-state index in [0.29, 0.717) is 6.54 Å². The van der Waals surface area contributed by atoms with Crippen LogP contribution in [0.1, 0.15) is 5.56 Å². The lowest BCUT2D eigenvalue weighted by Crippen LogP contribution is -2.14. The van der Waals surface area contributed by atoms with Gasteiger partial charge in [0.15, 0.2) is 0 Å². The fourth-order valence-corrected chi connectivity index (χ4v) is 1.07. The van der Waals surface area contributed by atoms with Crippen molar-refractivity contribution in [3.8, 4) is 0 Å². The highest BCUT2D eigenvalue weighted by molar-refractivity contribution is 5.85. The fourth-order valence-electron chi connectivity index (χ4n) is 1.07. The van der Waals surface area contributed by atoms with Crippen LogP contribution < -0.4 is 11.1 Å². The smallest absolute Gasteiger partial charge is 0.241 e. The Bertz CT molecular complexity index is 306. The molecule has 0 bridgehead atoms. The van der Waals surface area contributed by atoms with Gasteiger partial charge in [0, 0.05) is 13.1 Å². The van der Waals surface area contributed by atoms with E-state index in [2.05, 4.69) is 5.32 Å². The van der Waals surface area contributed by atoms with Gasteiger partial charge < -0.3 is 11.1 Å². The van der Waals surface area contributed by atoms with Crippen molar-refractivity contribution in [1.82, 2.24) is 5.32 Å². The lowest BCUT2D eigenvalue weighted by atomic mass is 10.2. The van der Waals surface area contributed by atoms with E-state index in [1.165, 1.54) is 11.6 Å². The number of hydrogen-bond donors (Lipinski definition) is 2. The van der Waals surface area contributed by atoms with E-state index in [9.17, 15) is 4.79 Å². The van der Waals surface area contributed by atoms with Crippen LogP contribution in [0.5, 0.6) is 0 Å². The minimum Gasteiger partial charge on any atom is -0.366 e. The fraction of sp³-hybridized carbons (Fsp3) is 0.182. The summed E-state index contributed by atoms with van der Waals surface area (Å²) in [6.45, 7) is 1.45. The number of nitrogens with two attached hydrogens (primary N) is 1. The van der Waals surface area contributed by atoms with Gasteiger partial charge in [-0.15, -0.1) is 0 Å². The van der Waals surface area contributed by atoms with Crippen LogP contribution in [-0.2, 0) is 11.3 Å². The minimum absolute atomic E-state index is 0.411. The SMILES string of the molecule is NC(=O)C=CCNCc1ccccc1. The van der Waals surface area contributed by atoms with Gasteiger partial charge in [0.2, 0.25) is 5.91 Å². The van der Waals surface area contributed by atoms with E-state index < -0.39 is 5.91 Å². The van der Waals surface area contributed by atoms with Crippen molar-refractivity contribution in [2.24, 2.45) is 5.73 Å². The van der Waals surface area contributed by atoms with Crippen molar-refractivity contribution < 1.29 is 4.79 Å². The predicted octanol–water partition coefficient (Wildman–Crippen LogP) is 0.818. The average molecular weight is 190 g/mol. The first-order valence-electron chi connectivity index (χ1n) is 4.49. The zero-order valence-corrected chi connectivity index (χ0v) is 7.94. The third-order valence-electron chi connectivity index (χ3n) is 1.72. The number of carbonyl (C=O) groups is 1. The van der Waals surface area contributed by atoms with Crippen molar-refractivity contribution in [2.75, 3.05) is 6.54 Å². The van der Waals surface area contributed by atoms with Crippen LogP contribution in [0.25, 0.3) is 0 Å². The molecular formula is C11H14N2O. The van der Waals surface area contributed by atoms with E-state index >= 15 is 0 Å². The third-order valence-corrected chi connectivity index (χ3v) is 1.72. The standard InChI is InChI=1S/C11H14N2O/c12-11(14)7-4-8-13-9-10-5-2-1-3-6-10/h1-7,13H,8-9H2,(H2,12,14). The molecule has 0 aliphatic rings. The van der Waals surface area contributed by atoms with Crippen LogP contribution >= 0.6 is 0 Å². The molecule has 14 heavy (non-hydrogen) atoms. The van der Waals surface area contributed by atoms with E-state index in [-0.39, 0.29) is 0 Å². The maximum atomic E-state index is 10.3. The molecule has 1 rings (SSSR count). The number of primary amides is 1. The Morgan fingerprint density at radius 1 is 1.36 bits per heavy atom. The van der Waals surface area contributed by atoms with Crippen molar-refractivity contribution in [3.05, 3.63) is 48.0 Å². The maximum absolute atomic E-state index is 10.3.